The van der Waals surface area contributed by atoms with Crippen LogP contribution in [0.4, 0.5) is 0 Å². The minimum atomic E-state index is -0.918. The van der Waals surface area contributed by atoms with E-state index in [-0.39, 0.29) is 11.6 Å². The molecule has 1 aliphatic rings. The Kier molecular flexibility index (Phi) is 3.45. The van der Waals surface area contributed by atoms with Gasteiger partial charge in [0.05, 0.1) is 13.2 Å². The summed E-state index contributed by atoms with van der Waals surface area (Å²) in [5.41, 5.74) is 0.252. The van der Waals surface area contributed by atoms with E-state index in [2.05, 4.69) is 11.5 Å². The molecule has 1 N–H and O–H groups in total. The summed E-state index contributed by atoms with van der Waals surface area (Å²) in [6, 6.07) is -0.0959. The topological polar surface area (TPSA) is 49.8 Å². The quantitative estimate of drug-likeness (QED) is 0.644. The highest BCUT2D eigenvalue weighted by Gasteiger charge is 2.22. The number of carboxylic acid groups (broad SMARTS) is 1. The Morgan fingerprint density at radius 3 is 2.54 bits per heavy atom. The molecule has 1 saturated heterocycles. The molecule has 0 amide bonds. The second-order valence-electron chi connectivity index (χ2n) is 3.15. The molecule has 0 aromatic heterocycles. The molecule has 1 heterocycles. The minimum Gasteiger partial charge on any atom is -0.478 e. The highest BCUT2D eigenvalue weighted by molar-refractivity contribution is 5.87. The van der Waals surface area contributed by atoms with Gasteiger partial charge >= 0.3 is 5.97 Å². The maximum Gasteiger partial charge on any atom is 0.332 e. The van der Waals surface area contributed by atoms with Crippen molar-refractivity contribution in [1.82, 2.24) is 4.90 Å². The summed E-state index contributed by atoms with van der Waals surface area (Å²) in [5.74, 6) is -0.918. The summed E-state index contributed by atoms with van der Waals surface area (Å²) in [7, 11) is 0. The Morgan fingerprint density at radius 2 is 2.08 bits per heavy atom. The first kappa shape index (κ1) is 10.2. The van der Waals surface area contributed by atoms with E-state index < -0.39 is 5.97 Å². The highest BCUT2D eigenvalue weighted by Crippen LogP contribution is 2.10. The van der Waals surface area contributed by atoms with Crippen LogP contribution in [-0.4, -0.2) is 48.3 Å². The van der Waals surface area contributed by atoms with Gasteiger partial charge in [-0.25, -0.2) is 4.79 Å². The van der Waals surface area contributed by atoms with E-state index in [0.717, 1.165) is 13.1 Å². The number of nitrogens with zero attached hydrogens (tertiary/aromatic N) is 1. The molecule has 0 aromatic rings. The van der Waals surface area contributed by atoms with Crippen LogP contribution >= 0.6 is 0 Å². The van der Waals surface area contributed by atoms with Gasteiger partial charge in [-0.05, 0) is 6.92 Å². The number of carboxylic acids is 1. The number of ether oxygens (including phenoxy) is 1. The molecule has 74 valence electrons. The van der Waals surface area contributed by atoms with Crippen LogP contribution in [0.2, 0.25) is 0 Å². The van der Waals surface area contributed by atoms with Crippen LogP contribution in [0.5, 0.6) is 0 Å². The van der Waals surface area contributed by atoms with Gasteiger partial charge in [-0.2, -0.15) is 0 Å². The first-order valence-corrected chi connectivity index (χ1v) is 4.37. The molecule has 1 atom stereocenters. The Morgan fingerprint density at radius 1 is 1.54 bits per heavy atom. The van der Waals surface area contributed by atoms with Crippen molar-refractivity contribution < 1.29 is 14.6 Å². The van der Waals surface area contributed by atoms with Crippen molar-refractivity contribution in [3.05, 3.63) is 12.2 Å². The Balaban J connectivity index is 2.49. The van der Waals surface area contributed by atoms with E-state index in [4.69, 9.17) is 9.84 Å². The lowest BCUT2D eigenvalue weighted by Gasteiger charge is -2.32. The van der Waals surface area contributed by atoms with Gasteiger partial charge in [-0.15, -0.1) is 0 Å². The molecule has 1 unspecified atom stereocenters. The zero-order chi connectivity index (χ0) is 9.84. The summed E-state index contributed by atoms with van der Waals surface area (Å²) in [6.45, 7) is 8.34. The van der Waals surface area contributed by atoms with Gasteiger partial charge in [-0.1, -0.05) is 6.58 Å². The average molecular weight is 185 g/mol. The molecule has 0 radical (unpaired) electrons. The molecule has 4 heteroatoms. The van der Waals surface area contributed by atoms with Crippen molar-refractivity contribution >= 4 is 5.97 Å². The smallest absolute Gasteiger partial charge is 0.332 e. The molecule has 0 bridgehead atoms. The zero-order valence-corrected chi connectivity index (χ0v) is 7.82. The monoisotopic (exact) mass is 185 g/mol. The third kappa shape index (κ3) is 2.54. The molecule has 0 aromatic carbocycles. The molecule has 13 heavy (non-hydrogen) atoms. The van der Waals surface area contributed by atoms with Crippen molar-refractivity contribution in [1.29, 1.82) is 0 Å². The van der Waals surface area contributed by atoms with Crippen LogP contribution in [0.1, 0.15) is 6.92 Å². The van der Waals surface area contributed by atoms with Crippen molar-refractivity contribution in [2.75, 3.05) is 26.3 Å². The second kappa shape index (κ2) is 4.39. The van der Waals surface area contributed by atoms with Crippen LogP contribution in [0, 0.1) is 0 Å². The second-order valence-corrected chi connectivity index (χ2v) is 3.15. The first-order chi connectivity index (χ1) is 6.13. The first-order valence-electron chi connectivity index (χ1n) is 4.37. The van der Waals surface area contributed by atoms with Crippen molar-refractivity contribution in [3.8, 4) is 0 Å². The SMILES string of the molecule is C=C(C(=O)O)C(C)N1CCOCC1. The number of morpholine rings is 1. The van der Waals surface area contributed by atoms with Gasteiger partial charge < -0.3 is 9.84 Å². The molecule has 0 aliphatic carbocycles. The summed E-state index contributed by atoms with van der Waals surface area (Å²) in [6.07, 6.45) is 0. The van der Waals surface area contributed by atoms with Crippen LogP contribution in [0.25, 0.3) is 0 Å². The predicted molar refractivity (Wildman–Crippen MR) is 48.6 cm³/mol. The number of hydrogen-bond donors (Lipinski definition) is 1. The third-order valence-corrected chi connectivity index (χ3v) is 2.37. The van der Waals surface area contributed by atoms with Crippen molar-refractivity contribution in [2.24, 2.45) is 0 Å². The number of aliphatic carboxylic acids is 1. The van der Waals surface area contributed by atoms with Crippen LogP contribution in [0.3, 0.4) is 0 Å². The van der Waals surface area contributed by atoms with Gasteiger partial charge in [0.25, 0.3) is 0 Å². The molecule has 1 rings (SSSR count). The summed E-state index contributed by atoms with van der Waals surface area (Å²) in [4.78, 5) is 12.7. The zero-order valence-electron chi connectivity index (χ0n) is 7.82. The van der Waals surface area contributed by atoms with Gasteiger partial charge in [0.1, 0.15) is 0 Å². The van der Waals surface area contributed by atoms with E-state index in [1.54, 1.807) is 0 Å². The van der Waals surface area contributed by atoms with E-state index in [1.807, 2.05) is 6.92 Å². The molecular weight excluding hydrogens is 170 g/mol. The van der Waals surface area contributed by atoms with Crippen molar-refractivity contribution in [2.45, 2.75) is 13.0 Å². The van der Waals surface area contributed by atoms with E-state index >= 15 is 0 Å². The molecule has 1 aliphatic heterocycles. The summed E-state index contributed by atoms with van der Waals surface area (Å²) >= 11 is 0. The number of rotatable bonds is 3. The maximum atomic E-state index is 10.6. The van der Waals surface area contributed by atoms with Crippen LogP contribution < -0.4 is 0 Å². The number of carbonyl (C=O) groups is 1. The Bertz CT molecular complexity index is 209. The lowest BCUT2D eigenvalue weighted by atomic mass is 10.1. The largest absolute Gasteiger partial charge is 0.478 e. The van der Waals surface area contributed by atoms with Gasteiger partial charge in [-0.3, -0.25) is 4.90 Å². The van der Waals surface area contributed by atoms with Gasteiger partial charge in [0, 0.05) is 24.7 Å². The lowest BCUT2D eigenvalue weighted by Crippen LogP contribution is -2.43. The fourth-order valence-electron chi connectivity index (χ4n) is 1.36. The average Bonchev–Trinajstić information content (AvgIpc) is 2.17. The third-order valence-electron chi connectivity index (χ3n) is 2.37. The highest BCUT2D eigenvalue weighted by atomic mass is 16.5. The molecule has 4 nitrogen and oxygen atoms in total. The standard InChI is InChI=1S/C9H15NO3/c1-7(9(11)12)8(2)10-3-5-13-6-4-10/h8H,1,3-6H2,2H3,(H,11,12). The van der Waals surface area contributed by atoms with E-state index in [1.165, 1.54) is 0 Å². The fourth-order valence-corrected chi connectivity index (χ4v) is 1.36. The number of hydrogen-bond acceptors (Lipinski definition) is 3. The molecular formula is C9H15NO3. The van der Waals surface area contributed by atoms with Crippen LogP contribution in [0.15, 0.2) is 12.2 Å². The molecule has 0 saturated carbocycles. The fraction of sp³-hybridized carbons (Fsp3) is 0.667. The normalized spacial score (nSPS) is 21.0. The maximum absolute atomic E-state index is 10.6. The predicted octanol–water partition coefficient (Wildman–Crippen LogP) is 0.348. The van der Waals surface area contributed by atoms with E-state index in [0.29, 0.717) is 13.2 Å². The van der Waals surface area contributed by atoms with Gasteiger partial charge in [0.2, 0.25) is 0 Å². The van der Waals surface area contributed by atoms with Crippen LogP contribution in [-0.2, 0) is 9.53 Å². The minimum absolute atomic E-state index is 0.0959. The molecule has 1 fully saturated rings. The van der Waals surface area contributed by atoms with Crippen molar-refractivity contribution in [3.63, 3.8) is 0 Å². The van der Waals surface area contributed by atoms with E-state index in [9.17, 15) is 4.79 Å². The Labute approximate surface area is 77.8 Å². The molecule has 0 spiro atoms. The Hall–Kier alpha value is -0.870. The van der Waals surface area contributed by atoms with Gasteiger partial charge in [0.15, 0.2) is 0 Å². The summed E-state index contributed by atoms with van der Waals surface area (Å²) < 4.78 is 5.17. The lowest BCUT2D eigenvalue weighted by molar-refractivity contribution is -0.133. The summed E-state index contributed by atoms with van der Waals surface area (Å²) in [5, 5.41) is 8.73.